The monoisotopic (exact) mass is 290 g/mol. The van der Waals surface area contributed by atoms with Crippen LogP contribution in [0, 0.1) is 0 Å². The number of carbonyl (C=O) groups excluding carboxylic acids is 3. The van der Waals surface area contributed by atoms with Gasteiger partial charge >= 0.3 is 0 Å². The molecule has 1 saturated heterocycles. The van der Waals surface area contributed by atoms with Crippen LogP contribution in [0.3, 0.4) is 0 Å². The van der Waals surface area contributed by atoms with E-state index in [0.717, 1.165) is 10.5 Å². The number of benzene rings is 1. The second-order valence-corrected chi connectivity index (χ2v) is 4.78. The molecular weight excluding hydrogens is 272 g/mol. The Hall–Kier alpha value is -2.37. The lowest BCUT2D eigenvalue weighted by atomic mass is 10.2. The number of nitrogens with zero attached hydrogens (tertiary/aromatic N) is 1. The molecule has 21 heavy (non-hydrogen) atoms. The Morgan fingerprint density at radius 1 is 1.24 bits per heavy atom. The molecule has 3 amide bonds. The molecule has 0 unspecified atom stereocenters. The molecule has 1 aliphatic rings. The summed E-state index contributed by atoms with van der Waals surface area (Å²) in [6.07, 6.45) is 0.621. The van der Waals surface area contributed by atoms with Gasteiger partial charge in [-0.2, -0.15) is 0 Å². The molecule has 1 fully saturated rings. The summed E-state index contributed by atoms with van der Waals surface area (Å²) in [4.78, 5) is 35.8. The molecule has 0 bridgehead atoms. The number of imide groups is 1. The second-order valence-electron chi connectivity index (χ2n) is 4.78. The van der Waals surface area contributed by atoms with E-state index in [4.69, 9.17) is 4.74 Å². The lowest BCUT2D eigenvalue weighted by Crippen LogP contribution is -2.34. The molecule has 0 aromatic heterocycles. The Bertz CT molecular complexity index is 540. The van der Waals surface area contributed by atoms with Gasteiger partial charge in [0.1, 0.15) is 5.75 Å². The molecule has 0 aliphatic carbocycles. The van der Waals surface area contributed by atoms with E-state index in [-0.39, 0.29) is 43.5 Å². The number of carbonyl (C=O) groups is 3. The van der Waals surface area contributed by atoms with E-state index in [2.05, 4.69) is 5.32 Å². The van der Waals surface area contributed by atoms with Gasteiger partial charge in [0, 0.05) is 37.9 Å². The van der Waals surface area contributed by atoms with Gasteiger partial charge in [-0.3, -0.25) is 19.3 Å². The van der Waals surface area contributed by atoms with Crippen molar-refractivity contribution in [3.05, 3.63) is 29.8 Å². The SMILES string of the molecule is COc1ccccc1CNC(=O)CCN1C(=O)CCC1=O. The van der Waals surface area contributed by atoms with Gasteiger partial charge < -0.3 is 10.1 Å². The Kier molecular flexibility index (Phi) is 4.92. The van der Waals surface area contributed by atoms with Crippen LogP contribution in [0.15, 0.2) is 24.3 Å². The van der Waals surface area contributed by atoms with Crippen LogP contribution in [0.1, 0.15) is 24.8 Å². The minimum atomic E-state index is -0.201. The number of hydrogen-bond acceptors (Lipinski definition) is 4. The molecule has 0 radical (unpaired) electrons. The lowest BCUT2D eigenvalue weighted by molar-refractivity contribution is -0.138. The van der Waals surface area contributed by atoms with E-state index < -0.39 is 0 Å². The van der Waals surface area contributed by atoms with Gasteiger partial charge in [0.15, 0.2) is 0 Å². The van der Waals surface area contributed by atoms with Crippen molar-refractivity contribution >= 4 is 17.7 Å². The quantitative estimate of drug-likeness (QED) is 0.788. The van der Waals surface area contributed by atoms with Crippen LogP contribution >= 0.6 is 0 Å². The van der Waals surface area contributed by atoms with Crippen molar-refractivity contribution in [1.29, 1.82) is 0 Å². The number of hydrogen-bond donors (Lipinski definition) is 1. The predicted molar refractivity (Wildman–Crippen MR) is 75.4 cm³/mol. The third-order valence-corrected chi connectivity index (χ3v) is 3.39. The first kappa shape index (κ1) is 15.0. The molecule has 1 aromatic rings. The Labute approximate surface area is 123 Å². The Morgan fingerprint density at radius 2 is 1.90 bits per heavy atom. The topological polar surface area (TPSA) is 75.7 Å². The molecule has 1 aliphatic heterocycles. The number of amides is 3. The summed E-state index contributed by atoms with van der Waals surface area (Å²) >= 11 is 0. The first-order valence-electron chi connectivity index (χ1n) is 6.83. The van der Waals surface area contributed by atoms with E-state index in [1.807, 2.05) is 24.3 Å². The third-order valence-electron chi connectivity index (χ3n) is 3.39. The minimum absolute atomic E-state index is 0.118. The molecule has 6 heteroatoms. The van der Waals surface area contributed by atoms with Gasteiger partial charge in [-0.25, -0.2) is 0 Å². The Morgan fingerprint density at radius 3 is 2.57 bits per heavy atom. The van der Waals surface area contributed by atoms with Gasteiger partial charge in [0.05, 0.1) is 7.11 Å². The molecular formula is C15H18N2O4. The van der Waals surface area contributed by atoms with Crippen molar-refractivity contribution in [3.8, 4) is 5.75 Å². The van der Waals surface area contributed by atoms with Crippen LogP contribution in [-0.4, -0.2) is 36.3 Å². The van der Waals surface area contributed by atoms with Crippen molar-refractivity contribution in [2.75, 3.05) is 13.7 Å². The van der Waals surface area contributed by atoms with Crippen LogP contribution in [0.2, 0.25) is 0 Å². The summed E-state index contributed by atoms with van der Waals surface area (Å²) in [5.74, 6) is 0.117. The van der Waals surface area contributed by atoms with Crippen LogP contribution in [0.4, 0.5) is 0 Å². The van der Waals surface area contributed by atoms with Gasteiger partial charge in [-0.05, 0) is 6.07 Å². The lowest BCUT2D eigenvalue weighted by Gasteiger charge is -2.14. The molecule has 1 N–H and O–H groups in total. The summed E-state index contributed by atoms with van der Waals surface area (Å²) in [5, 5.41) is 2.76. The zero-order chi connectivity index (χ0) is 15.2. The smallest absolute Gasteiger partial charge is 0.229 e. The van der Waals surface area contributed by atoms with Gasteiger partial charge in [-0.15, -0.1) is 0 Å². The van der Waals surface area contributed by atoms with Crippen molar-refractivity contribution in [2.45, 2.75) is 25.8 Å². The normalized spacial score (nSPS) is 14.4. The molecule has 0 spiro atoms. The fourth-order valence-corrected chi connectivity index (χ4v) is 2.22. The largest absolute Gasteiger partial charge is 0.496 e. The van der Waals surface area contributed by atoms with Crippen LogP contribution in [0.5, 0.6) is 5.75 Å². The number of rotatable bonds is 6. The van der Waals surface area contributed by atoms with E-state index in [9.17, 15) is 14.4 Å². The van der Waals surface area contributed by atoms with Crippen molar-refractivity contribution in [1.82, 2.24) is 10.2 Å². The summed E-state index contributed by atoms with van der Waals surface area (Å²) in [6.45, 7) is 0.500. The highest BCUT2D eigenvalue weighted by Gasteiger charge is 2.28. The van der Waals surface area contributed by atoms with E-state index in [1.54, 1.807) is 7.11 Å². The fourth-order valence-electron chi connectivity index (χ4n) is 2.22. The van der Waals surface area contributed by atoms with Gasteiger partial charge in [-0.1, -0.05) is 18.2 Å². The summed E-state index contributed by atoms with van der Waals surface area (Å²) in [5.41, 5.74) is 0.877. The second kappa shape index (κ2) is 6.88. The molecule has 1 aromatic carbocycles. The summed E-state index contributed by atoms with van der Waals surface area (Å²) in [6, 6.07) is 7.41. The van der Waals surface area contributed by atoms with Crippen LogP contribution in [0.25, 0.3) is 0 Å². The molecule has 0 atom stereocenters. The maximum absolute atomic E-state index is 11.8. The van der Waals surface area contributed by atoms with Crippen molar-refractivity contribution in [3.63, 3.8) is 0 Å². The number of para-hydroxylation sites is 1. The number of ether oxygens (including phenoxy) is 1. The standard InChI is InChI=1S/C15H18N2O4/c1-21-12-5-3-2-4-11(12)10-16-13(18)8-9-17-14(19)6-7-15(17)20/h2-5H,6-10H2,1H3,(H,16,18). The zero-order valence-corrected chi connectivity index (χ0v) is 11.9. The third kappa shape index (κ3) is 3.81. The number of methoxy groups -OCH3 is 1. The summed E-state index contributed by atoms with van der Waals surface area (Å²) in [7, 11) is 1.57. The molecule has 112 valence electrons. The zero-order valence-electron chi connectivity index (χ0n) is 11.9. The first-order chi connectivity index (χ1) is 10.1. The van der Waals surface area contributed by atoms with Crippen LogP contribution in [-0.2, 0) is 20.9 Å². The average molecular weight is 290 g/mol. The number of nitrogens with one attached hydrogen (secondary N) is 1. The van der Waals surface area contributed by atoms with Gasteiger partial charge in [0.25, 0.3) is 0 Å². The van der Waals surface area contributed by atoms with E-state index >= 15 is 0 Å². The molecule has 1 heterocycles. The highest BCUT2D eigenvalue weighted by molar-refractivity contribution is 6.02. The Balaban J connectivity index is 1.80. The summed E-state index contributed by atoms with van der Waals surface area (Å²) < 4.78 is 5.20. The average Bonchev–Trinajstić information content (AvgIpc) is 2.82. The maximum Gasteiger partial charge on any atom is 0.229 e. The van der Waals surface area contributed by atoms with E-state index in [0.29, 0.717) is 12.3 Å². The minimum Gasteiger partial charge on any atom is -0.496 e. The molecule has 0 saturated carbocycles. The number of likely N-dealkylation sites (tertiary alicyclic amines) is 1. The van der Waals surface area contributed by atoms with E-state index in [1.165, 1.54) is 0 Å². The highest BCUT2D eigenvalue weighted by atomic mass is 16.5. The molecule has 6 nitrogen and oxygen atoms in total. The van der Waals surface area contributed by atoms with Crippen LogP contribution < -0.4 is 10.1 Å². The predicted octanol–water partition coefficient (Wildman–Crippen LogP) is 0.850. The molecule has 2 rings (SSSR count). The first-order valence-corrected chi connectivity index (χ1v) is 6.83. The van der Waals surface area contributed by atoms with Gasteiger partial charge in [0.2, 0.25) is 17.7 Å². The highest BCUT2D eigenvalue weighted by Crippen LogP contribution is 2.16. The maximum atomic E-state index is 11.8. The van der Waals surface area contributed by atoms with Crippen molar-refractivity contribution in [2.24, 2.45) is 0 Å². The fraction of sp³-hybridized carbons (Fsp3) is 0.400. The van der Waals surface area contributed by atoms with Crippen molar-refractivity contribution < 1.29 is 19.1 Å².